The molecule has 0 radical (unpaired) electrons. The number of aldehydes is 1. The summed E-state index contributed by atoms with van der Waals surface area (Å²) >= 11 is 0. The second-order valence-electron chi connectivity index (χ2n) is 6.91. The van der Waals surface area contributed by atoms with Crippen LogP contribution < -0.4 is 16.0 Å². The molecule has 0 heterocycles. The number of rotatable bonds is 9. The zero-order valence-electron chi connectivity index (χ0n) is 15.9. The summed E-state index contributed by atoms with van der Waals surface area (Å²) in [4.78, 5) is 46.4. The lowest BCUT2D eigenvalue weighted by molar-refractivity contribution is -0.127. The van der Waals surface area contributed by atoms with Crippen molar-refractivity contribution in [1.82, 2.24) is 16.0 Å². The molecule has 8 nitrogen and oxygen atoms in total. The third-order valence-corrected chi connectivity index (χ3v) is 3.30. The van der Waals surface area contributed by atoms with Crippen molar-refractivity contribution in [2.75, 3.05) is 13.1 Å². The summed E-state index contributed by atoms with van der Waals surface area (Å²) in [5.41, 5.74) is 0.153. The molecule has 0 aliphatic heterocycles. The Balaban J connectivity index is 2.68. The minimum Gasteiger partial charge on any atom is -0.444 e. The third kappa shape index (κ3) is 9.98. The minimum atomic E-state index is -0.898. The Hall–Kier alpha value is -2.90. The fourth-order valence-corrected chi connectivity index (χ4v) is 2.13. The van der Waals surface area contributed by atoms with E-state index in [0.717, 1.165) is 5.56 Å². The first-order chi connectivity index (χ1) is 12.7. The molecule has 0 aliphatic rings. The SMILES string of the molecule is CC(C)(C)OC(=O)N[C@@H](Cc1ccccc1)C(=O)NCC(=O)NCCC=O. The van der Waals surface area contributed by atoms with Gasteiger partial charge in [0.15, 0.2) is 0 Å². The van der Waals surface area contributed by atoms with Gasteiger partial charge in [0, 0.05) is 19.4 Å². The first-order valence-electron chi connectivity index (χ1n) is 8.73. The number of ether oxygens (including phenoxy) is 1. The maximum absolute atomic E-state index is 12.5. The summed E-state index contributed by atoms with van der Waals surface area (Å²) in [7, 11) is 0. The molecule has 0 fully saturated rings. The predicted molar refractivity (Wildman–Crippen MR) is 100 cm³/mol. The van der Waals surface area contributed by atoms with Crippen molar-refractivity contribution in [1.29, 1.82) is 0 Å². The molecule has 0 bridgehead atoms. The summed E-state index contributed by atoms with van der Waals surface area (Å²) in [6.07, 6.45) is 0.434. The minimum absolute atomic E-state index is 0.205. The Morgan fingerprint density at radius 2 is 1.78 bits per heavy atom. The summed E-state index contributed by atoms with van der Waals surface area (Å²) < 4.78 is 5.20. The van der Waals surface area contributed by atoms with Crippen LogP contribution in [0.15, 0.2) is 30.3 Å². The summed E-state index contributed by atoms with van der Waals surface area (Å²) in [5, 5.41) is 7.54. The Labute approximate surface area is 159 Å². The van der Waals surface area contributed by atoms with Gasteiger partial charge in [-0.3, -0.25) is 9.59 Å². The number of carbonyl (C=O) groups is 4. The highest BCUT2D eigenvalue weighted by molar-refractivity contribution is 5.89. The highest BCUT2D eigenvalue weighted by Gasteiger charge is 2.25. The highest BCUT2D eigenvalue weighted by Crippen LogP contribution is 2.08. The molecule has 1 atom stereocenters. The standard InChI is InChI=1S/C19H27N3O5/c1-19(2,3)27-18(26)22-15(12-14-8-5-4-6-9-14)17(25)21-13-16(24)20-10-7-11-23/h4-6,8-9,11,15H,7,10,12-13H2,1-3H3,(H,20,24)(H,21,25)(H,22,26)/t15-/m0/s1. The summed E-state index contributed by atoms with van der Waals surface area (Å²) in [5.74, 6) is -0.920. The van der Waals surface area contributed by atoms with E-state index in [0.29, 0.717) is 6.29 Å². The van der Waals surface area contributed by atoms with Gasteiger partial charge in [0.1, 0.15) is 17.9 Å². The lowest BCUT2D eigenvalue weighted by Crippen LogP contribution is -2.51. The van der Waals surface area contributed by atoms with E-state index in [1.54, 1.807) is 20.8 Å². The lowest BCUT2D eigenvalue weighted by atomic mass is 10.1. The van der Waals surface area contributed by atoms with Gasteiger partial charge in [0.2, 0.25) is 11.8 Å². The maximum atomic E-state index is 12.5. The normalized spacial score (nSPS) is 11.8. The van der Waals surface area contributed by atoms with Crippen molar-refractivity contribution in [2.24, 2.45) is 0 Å². The molecule has 0 aliphatic carbocycles. The molecular formula is C19H27N3O5. The zero-order valence-corrected chi connectivity index (χ0v) is 15.9. The number of hydrogen-bond donors (Lipinski definition) is 3. The van der Waals surface area contributed by atoms with E-state index in [1.807, 2.05) is 30.3 Å². The Morgan fingerprint density at radius 1 is 1.11 bits per heavy atom. The molecule has 0 saturated carbocycles. The second kappa shape index (κ2) is 10.9. The molecule has 3 N–H and O–H groups in total. The van der Waals surface area contributed by atoms with E-state index in [1.165, 1.54) is 0 Å². The largest absolute Gasteiger partial charge is 0.444 e. The average molecular weight is 377 g/mol. The van der Waals surface area contributed by atoms with Crippen molar-refractivity contribution in [2.45, 2.75) is 45.3 Å². The molecule has 8 heteroatoms. The van der Waals surface area contributed by atoms with Crippen LogP contribution in [0.2, 0.25) is 0 Å². The van der Waals surface area contributed by atoms with Crippen LogP contribution in [0.1, 0.15) is 32.8 Å². The summed E-state index contributed by atoms with van der Waals surface area (Å²) in [6.45, 7) is 5.13. The molecule has 1 aromatic rings. The molecule has 0 spiro atoms. The Bertz CT molecular complexity index is 640. The van der Waals surface area contributed by atoms with Crippen molar-refractivity contribution < 1.29 is 23.9 Å². The van der Waals surface area contributed by atoms with E-state index in [4.69, 9.17) is 4.74 Å². The van der Waals surface area contributed by atoms with Crippen molar-refractivity contribution in [3.63, 3.8) is 0 Å². The van der Waals surface area contributed by atoms with Gasteiger partial charge in [-0.05, 0) is 26.3 Å². The highest BCUT2D eigenvalue weighted by atomic mass is 16.6. The van der Waals surface area contributed by atoms with Crippen LogP contribution in [-0.2, 0) is 25.5 Å². The number of hydrogen-bond acceptors (Lipinski definition) is 5. The maximum Gasteiger partial charge on any atom is 0.408 e. The third-order valence-electron chi connectivity index (χ3n) is 3.30. The number of alkyl carbamates (subject to hydrolysis) is 1. The Kier molecular flexibility index (Phi) is 8.98. The quantitative estimate of drug-likeness (QED) is 0.438. The monoisotopic (exact) mass is 377 g/mol. The molecule has 0 aromatic heterocycles. The van der Waals surface area contributed by atoms with Gasteiger partial charge in [0.05, 0.1) is 6.54 Å². The second-order valence-corrected chi connectivity index (χ2v) is 6.91. The van der Waals surface area contributed by atoms with E-state index >= 15 is 0 Å². The van der Waals surface area contributed by atoms with Crippen LogP contribution in [-0.4, -0.2) is 48.9 Å². The van der Waals surface area contributed by atoms with E-state index in [2.05, 4.69) is 16.0 Å². The van der Waals surface area contributed by atoms with E-state index in [-0.39, 0.29) is 25.9 Å². The number of carbonyl (C=O) groups excluding carboxylic acids is 4. The number of nitrogens with one attached hydrogen (secondary N) is 3. The smallest absolute Gasteiger partial charge is 0.408 e. The van der Waals surface area contributed by atoms with Crippen molar-refractivity contribution in [3.05, 3.63) is 35.9 Å². The van der Waals surface area contributed by atoms with Gasteiger partial charge in [0.25, 0.3) is 0 Å². The van der Waals surface area contributed by atoms with Crippen molar-refractivity contribution >= 4 is 24.2 Å². The zero-order chi connectivity index (χ0) is 20.3. The fraction of sp³-hybridized carbons (Fsp3) is 0.474. The molecule has 0 saturated heterocycles. The van der Waals surface area contributed by atoms with Gasteiger partial charge < -0.3 is 25.5 Å². The van der Waals surface area contributed by atoms with Gasteiger partial charge in [-0.25, -0.2) is 4.79 Å². The molecule has 148 valence electrons. The molecular weight excluding hydrogens is 350 g/mol. The van der Waals surface area contributed by atoms with Crippen LogP contribution in [0.4, 0.5) is 4.79 Å². The van der Waals surface area contributed by atoms with Crippen LogP contribution in [0, 0.1) is 0 Å². The van der Waals surface area contributed by atoms with E-state index in [9.17, 15) is 19.2 Å². The van der Waals surface area contributed by atoms with E-state index < -0.39 is 29.6 Å². The predicted octanol–water partition coefficient (Wildman–Crippen LogP) is 0.944. The van der Waals surface area contributed by atoms with Gasteiger partial charge in [-0.15, -0.1) is 0 Å². The first kappa shape index (κ1) is 22.1. The Morgan fingerprint density at radius 3 is 2.37 bits per heavy atom. The van der Waals surface area contributed by atoms with Crippen LogP contribution >= 0.6 is 0 Å². The fourth-order valence-electron chi connectivity index (χ4n) is 2.13. The molecule has 1 aromatic carbocycles. The topological polar surface area (TPSA) is 114 Å². The lowest BCUT2D eigenvalue weighted by Gasteiger charge is -2.23. The van der Waals surface area contributed by atoms with Gasteiger partial charge >= 0.3 is 6.09 Å². The molecule has 27 heavy (non-hydrogen) atoms. The first-order valence-corrected chi connectivity index (χ1v) is 8.73. The van der Waals surface area contributed by atoms with Crippen LogP contribution in [0.25, 0.3) is 0 Å². The van der Waals surface area contributed by atoms with Crippen molar-refractivity contribution in [3.8, 4) is 0 Å². The molecule has 1 rings (SSSR count). The molecule has 3 amide bonds. The van der Waals surface area contributed by atoms with Crippen LogP contribution in [0.3, 0.4) is 0 Å². The number of amides is 3. The molecule has 0 unspecified atom stereocenters. The number of benzene rings is 1. The van der Waals surface area contributed by atoms with Gasteiger partial charge in [-0.2, -0.15) is 0 Å². The van der Waals surface area contributed by atoms with Gasteiger partial charge in [-0.1, -0.05) is 30.3 Å². The average Bonchev–Trinajstić information content (AvgIpc) is 2.58. The van der Waals surface area contributed by atoms with Crippen LogP contribution in [0.5, 0.6) is 0 Å². The summed E-state index contributed by atoms with van der Waals surface area (Å²) in [6, 6.07) is 8.29.